The van der Waals surface area contributed by atoms with Crippen LogP contribution in [0.15, 0.2) is 36.4 Å². The maximum Gasteiger partial charge on any atom is 0.142 e. The van der Waals surface area contributed by atoms with Crippen LogP contribution in [0.4, 0.5) is 0 Å². The Morgan fingerprint density at radius 2 is 1.00 bits per heavy atom. The Bertz CT molecular complexity index is 918. The fourth-order valence-electron chi connectivity index (χ4n) is 5.41. The number of unbranched alkanes of at least 4 members (excludes halogenated alkanes) is 9. The Morgan fingerprint density at radius 3 is 1.43 bits per heavy atom. The van der Waals surface area contributed by atoms with Crippen LogP contribution in [0.3, 0.4) is 0 Å². The van der Waals surface area contributed by atoms with E-state index in [9.17, 15) is 0 Å². The molecule has 0 N–H and O–H groups in total. The zero-order chi connectivity index (χ0) is 27.8. The van der Waals surface area contributed by atoms with Crippen LogP contribution in [0.25, 0.3) is 0 Å². The molecule has 0 unspecified atom stereocenters. The standard InChI is InChI=1S/C34H52N2O4/c1-3-5-19-35-25-29-23-31(15-17-33(29)39-27-35)37-21-13-11-9-7-8-10-12-14-22-38-32-16-18-34-30(24-32)26-36(28-40-34)20-6-4-2/h15-18,23-24H,3-14,19-22,25-28H2,1-2H3. The molecule has 0 saturated heterocycles. The summed E-state index contributed by atoms with van der Waals surface area (Å²) in [6.45, 7) is 11.6. The van der Waals surface area contributed by atoms with Crippen LogP contribution in [0.1, 0.15) is 102 Å². The van der Waals surface area contributed by atoms with E-state index in [1.165, 1.54) is 75.3 Å². The van der Waals surface area contributed by atoms with E-state index in [4.69, 9.17) is 18.9 Å². The number of rotatable bonds is 19. The summed E-state index contributed by atoms with van der Waals surface area (Å²) < 4.78 is 23.9. The molecule has 0 fully saturated rings. The van der Waals surface area contributed by atoms with Crippen molar-refractivity contribution in [2.75, 3.05) is 39.8 Å². The molecule has 6 nitrogen and oxygen atoms in total. The van der Waals surface area contributed by atoms with Crippen LogP contribution in [0.5, 0.6) is 23.0 Å². The normalized spacial score (nSPS) is 15.2. The van der Waals surface area contributed by atoms with Crippen LogP contribution in [-0.4, -0.2) is 49.6 Å². The zero-order valence-corrected chi connectivity index (χ0v) is 25.1. The molecule has 2 heterocycles. The first-order valence-electron chi connectivity index (χ1n) is 16.0. The molecule has 0 atom stereocenters. The summed E-state index contributed by atoms with van der Waals surface area (Å²) in [4.78, 5) is 4.74. The van der Waals surface area contributed by atoms with E-state index >= 15 is 0 Å². The van der Waals surface area contributed by atoms with Crippen molar-refractivity contribution in [2.45, 2.75) is 104 Å². The van der Waals surface area contributed by atoms with Gasteiger partial charge in [0.05, 0.1) is 13.2 Å². The van der Waals surface area contributed by atoms with Gasteiger partial charge in [-0.1, -0.05) is 65.2 Å². The highest BCUT2D eigenvalue weighted by molar-refractivity contribution is 5.42. The summed E-state index contributed by atoms with van der Waals surface area (Å²) in [7, 11) is 0. The first kappa shape index (κ1) is 30.5. The van der Waals surface area contributed by atoms with Gasteiger partial charge in [-0.25, -0.2) is 0 Å². The minimum atomic E-state index is 0.699. The summed E-state index contributed by atoms with van der Waals surface area (Å²) in [5.41, 5.74) is 2.49. The molecular weight excluding hydrogens is 500 g/mol. The minimum absolute atomic E-state index is 0.699. The van der Waals surface area contributed by atoms with Crippen molar-refractivity contribution < 1.29 is 18.9 Å². The van der Waals surface area contributed by atoms with Crippen molar-refractivity contribution in [3.63, 3.8) is 0 Å². The maximum atomic E-state index is 6.05. The van der Waals surface area contributed by atoms with Gasteiger partial charge in [0.25, 0.3) is 0 Å². The lowest BCUT2D eigenvalue weighted by molar-refractivity contribution is 0.0937. The molecule has 6 heteroatoms. The van der Waals surface area contributed by atoms with E-state index < -0.39 is 0 Å². The lowest BCUT2D eigenvalue weighted by atomic mass is 10.1. The second-order valence-corrected chi connectivity index (χ2v) is 11.4. The van der Waals surface area contributed by atoms with Crippen molar-refractivity contribution >= 4 is 0 Å². The van der Waals surface area contributed by atoms with Crippen LogP contribution < -0.4 is 18.9 Å². The van der Waals surface area contributed by atoms with Crippen LogP contribution in [-0.2, 0) is 13.1 Å². The van der Waals surface area contributed by atoms with Crippen molar-refractivity contribution in [1.82, 2.24) is 9.80 Å². The van der Waals surface area contributed by atoms with Gasteiger partial charge in [0.2, 0.25) is 0 Å². The molecule has 0 aliphatic carbocycles. The lowest BCUT2D eigenvalue weighted by Gasteiger charge is -2.29. The summed E-state index contributed by atoms with van der Waals surface area (Å²) in [5, 5.41) is 0. The molecule has 0 spiro atoms. The van der Waals surface area contributed by atoms with E-state index in [2.05, 4.69) is 47.9 Å². The summed E-state index contributed by atoms with van der Waals surface area (Å²) in [6.07, 6.45) is 14.8. The van der Waals surface area contributed by atoms with E-state index in [1.807, 2.05) is 12.1 Å². The largest absolute Gasteiger partial charge is 0.494 e. The molecule has 0 saturated carbocycles. The molecule has 0 bridgehead atoms. The van der Waals surface area contributed by atoms with Crippen molar-refractivity contribution in [3.05, 3.63) is 47.5 Å². The van der Waals surface area contributed by atoms with E-state index in [-0.39, 0.29) is 0 Å². The second kappa shape index (κ2) is 17.4. The molecule has 40 heavy (non-hydrogen) atoms. The zero-order valence-electron chi connectivity index (χ0n) is 25.1. The number of nitrogens with zero attached hydrogens (tertiary/aromatic N) is 2. The van der Waals surface area contributed by atoms with Crippen molar-refractivity contribution in [3.8, 4) is 23.0 Å². The number of benzene rings is 2. The summed E-state index contributed by atoms with van der Waals surface area (Å²) >= 11 is 0. The molecule has 2 aliphatic heterocycles. The maximum absolute atomic E-state index is 6.05. The van der Waals surface area contributed by atoms with Gasteiger partial charge >= 0.3 is 0 Å². The van der Waals surface area contributed by atoms with Crippen LogP contribution in [0, 0.1) is 0 Å². The van der Waals surface area contributed by atoms with Gasteiger partial charge < -0.3 is 18.9 Å². The highest BCUT2D eigenvalue weighted by Gasteiger charge is 2.18. The summed E-state index contributed by atoms with van der Waals surface area (Å²) in [6, 6.07) is 12.6. The van der Waals surface area contributed by atoms with E-state index in [0.29, 0.717) is 13.5 Å². The third-order valence-electron chi connectivity index (χ3n) is 7.89. The Morgan fingerprint density at radius 1 is 0.575 bits per heavy atom. The van der Waals surface area contributed by atoms with Crippen LogP contribution >= 0.6 is 0 Å². The Balaban J connectivity index is 0.989. The first-order chi connectivity index (χ1) is 19.7. The van der Waals surface area contributed by atoms with Crippen molar-refractivity contribution in [1.29, 1.82) is 0 Å². The van der Waals surface area contributed by atoms with E-state index in [0.717, 1.165) is 75.2 Å². The average Bonchev–Trinajstić information content (AvgIpc) is 2.99. The fraction of sp³-hybridized carbons (Fsp3) is 0.647. The quantitative estimate of drug-likeness (QED) is 0.164. The van der Waals surface area contributed by atoms with Crippen molar-refractivity contribution in [2.24, 2.45) is 0 Å². The monoisotopic (exact) mass is 552 g/mol. The van der Waals surface area contributed by atoms with Gasteiger partial charge in [0.15, 0.2) is 0 Å². The Labute approximate surface area is 242 Å². The average molecular weight is 553 g/mol. The number of fused-ring (bicyclic) bond motifs is 2. The van der Waals surface area contributed by atoms with E-state index in [1.54, 1.807) is 0 Å². The minimum Gasteiger partial charge on any atom is -0.494 e. The predicted molar refractivity (Wildman–Crippen MR) is 162 cm³/mol. The number of hydrogen-bond donors (Lipinski definition) is 0. The lowest BCUT2D eigenvalue weighted by Crippen LogP contribution is -2.32. The molecular formula is C34H52N2O4. The smallest absolute Gasteiger partial charge is 0.142 e. The summed E-state index contributed by atoms with van der Waals surface area (Å²) in [5.74, 6) is 3.96. The highest BCUT2D eigenvalue weighted by atomic mass is 16.5. The van der Waals surface area contributed by atoms with Gasteiger partial charge in [0.1, 0.15) is 36.5 Å². The molecule has 2 aromatic carbocycles. The fourth-order valence-corrected chi connectivity index (χ4v) is 5.41. The second-order valence-electron chi connectivity index (χ2n) is 11.4. The van der Waals surface area contributed by atoms with Crippen LogP contribution in [0.2, 0.25) is 0 Å². The number of hydrogen-bond acceptors (Lipinski definition) is 6. The van der Waals surface area contributed by atoms with Gasteiger partial charge in [0, 0.05) is 37.3 Å². The molecule has 0 amide bonds. The Hall–Kier alpha value is -2.44. The third kappa shape index (κ3) is 10.2. The highest BCUT2D eigenvalue weighted by Crippen LogP contribution is 2.30. The van der Waals surface area contributed by atoms with Gasteiger partial charge in [-0.3, -0.25) is 9.80 Å². The van der Waals surface area contributed by atoms with Gasteiger partial charge in [-0.2, -0.15) is 0 Å². The van der Waals surface area contributed by atoms with Gasteiger partial charge in [-0.05, 0) is 62.1 Å². The molecule has 0 radical (unpaired) electrons. The SMILES string of the molecule is CCCCN1COc2ccc(OCCCCCCCCCCOc3ccc4c(c3)CN(CCCC)CO4)cc2C1. The third-order valence-corrected chi connectivity index (χ3v) is 7.89. The van der Waals surface area contributed by atoms with Gasteiger partial charge in [-0.15, -0.1) is 0 Å². The molecule has 0 aromatic heterocycles. The topological polar surface area (TPSA) is 43.4 Å². The molecule has 4 rings (SSSR count). The molecule has 2 aromatic rings. The predicted octanol–water partition coefficient (Wildman–Crippen LogP) is 8.17. The Kier molecular flexibility index (Phi) is 13.3. The molecule has 2 aliphatic rings. The first-order valence-corrected chi connectivity index (χ1v) is 16.0. The molecule has 222 valence electrons. The number of ether oxygens (including phenoxy) is 4.